The molecule has 1 atom stereocenters. The van der Waals surface area contributed by atoms with E-state index in [0.29, 0.717) is 47.7 Å². The monoisotopic (exact) mass is 442 g/mol. The Morgan fingerprint density at radius 3 is 2.88 bits per heavy atom. The molecule has 0 unspecified atom stereocenters. The molecule has 0 fully saturated rings. The van der Waals surface area contributed by atoms with Crippen LogP contribution in [0.3, 0.4) is 0 Å². The molecule has 1 aromatic heterocycles. The number of H-pyrrole nitrogens is 1. The molecule has 0 saturated heterocycles. The molecule has 0 bridgehead atoms. The highest BCUT2D eigenvalue weighted by Crippen LogP contribution is 2.35. The number of aromatic amines is 1. The zero-order chi connectivity index (χ0) is 22.7. The highest BCUT2D eigenvalue weighted by atomic mass is 19.1. The fraction of sp³-hybridized carbons (Fsp3) is 0.304. The molecule has 2 amide bonds. The number of urea groups is 1. The van der Waals surface area contributed by atoms with E-state index in [-0.39, 0.29) is 13.0 Å². The number of amides is 2. The molecule has 3 aromatic rings. The molecule has 9 heteroatoms. The smallest absolute Gasteiger partial charge is 0.322 e. The van der Waals surface area contributed by atoms with E-state index >= 15 is 0 Å². The summed E-state index contributed by atoms with van der Waals surface area (Å²) in [6.45, 7) is 2.34. The first kappa shape index (κ1) is 21.8. The summed E-state index contributed by atoms with van der Waals surface area (Å²) in [6.07, 6.45) is 3.92. The molecule has 0 spiro atoms. The van der Waals surface area contributed by atoms with Crippen LogP contribution in [-0.2, 0) is 6.42 Å². The quantitative estimate of drug-likeness (QED) is 0.517. The second-order valence-corrected chi connectivity index (χ2v) is 7.52. The second kappa shape index (κ2) is 9.35. The summed E-state index contributed by atoms with van der Waals surface area (Å²) < 4.78 is 34.2. The van der Waals surface area contributed by atoms with Crippen molar-refractivity contribution < 1.29 is 23.4 Å². The van der Waals surface area contributed by atoms with Gasteiger partial charge in [0, 0.05) is 36.5 Å². The maximum Gasteiger partial charge on any atom is 0.322 e. The Morgan fingerprint density at radius 1 is 1.31 bits per heavy atom. The van der Waals surface area contributed by atoms with Crippen molar-refractivity contribution in [3.05, 3.63) is 65.5 Å². The third kappa shape index (κ3) is 4.43. The average Bonchev–Trinajstić information content (AvgIpc) is 3.42. The van der Waals surface area contributed by atoms with Crippen LogP contribution in [0.1, 0.15) is 30.5 Å². The summed E-state index contributed by atoms with van der Waals surface area (Å²) in [4.78, 5) is 14.5. The van der Waals surface area contributed by atoms with E-state index in [4.69, 9.17) is 4.74 Å². The SMILES string of the molecule is CCOc1cc(F)cc([C@@H](CCO)NC(=O)N2CCc3cc(-c4cn[nH]c4)c(F)cc32)c1. The van der Waals surface area contributed by atoms with Crippen molar-refractivity contribution in [2.24, 2.45) is 0 Å². The Hall–Kier alpha value is -3.46. The maximum atomic E-state index is 14.8. The zero-order valence-corrected chi connectivity index (χ0v) is 17.6. The molecule has 3 N–H and O–H groups in total. The lowest BCUT2D eigenvalue weighted by Crippen LogP contribution is -2.41. The van der Waals surface area contributed by atoms with Crippen LogP contribution >= 0.6 is 0 Å². The number of fused-ring (bicyclic) bond motifs is 1. The van der Waals surface area contributed by atoms with Gasteiger partial charge in [-0.2, -0.15) is 5.10 Å². The zero-order valence-electron chi connectivity index (χ0n) is 17.6. The normalized spacial score (nSPS) is 13.7. The first-order chi connectivity index (χ1) is 15.5. The number of halogens is 2. The lowest BCUT2D eigenvalue weighted by molar-refractivity contribution is 0.234. The molecule has 1 aliphatic rings. The van der Waals surface area contributed by atoms with Crippen molar-refractivity contribution in [2.45, 2.75) is 25.8 Å². The third-order valence-electron chi connectivity index (χ3n) is 5.44. The summed E-state index contributed by atoms with van der Waals surface area (Å²) in [5.41, 5.74) is 2.87. The van der Waals surface area contributed by atoms with Crippen LogP contribution in [0.2, 0.25) is 0 Å². The molecule has 2 aromatic carbocycles. The molecule has 0 radical (unpaired) electrons. The van der Waals surface area contributed by atoms with Gasteiger partial charge in [-0.1, -0.05) is 0 Å². The first-order valence-corrected chi connectivity index (χ1v) is 10.4. The van der Waals surface area contributed by atoms with Gasteiger partial charge in [0.1, 0.15) is 17.4 Å². The number of benzene rings is 2. The number of aromatic nitrogens is 2. The summed E-state index contributed by atoms with van der Waals surface area (Å²) in [6, 6.07) is 6.21. The predicted molar refractivity (Wildman–Crippen MR) is 116 cm³/mol. The van der Waals surface area contributed by atoms with E-state index in [2.05, 4.69) is 15.5 Å². The molecular formula is C23H24F2N4O3. The number of carbonyl (C=O) groups is 1. The van der Waals surface area contributed by atoms with Gasteiger partial charge in [-0.05, 0) is 55.2 Å². The largest absolute Gasteiger partial charge is 0.494 e. The van der Waals surface area contributed by atoms with Gasteiger partial charge >= 0.3 is 6.03 Å². The van der Waals surface area contributed by atoms with Crippen molar-refractivity contribution in [3.8, 4) is 16.9 Å². The van der Waals surface area contributed by atoms with Crippen LogP contribution in [0.5, 0.6) is 5.75 Å². The van der Waals surface area contributed by atoms with Crippen molar-refractivity contribution in [3.63, 3.8) is 0 Å². The molecule has 2 heterocycles. The molecule has 7 nitrogen and oxygen atoms in total. The number of aliphatic hydroxyl groups is 1. The van der Waals surface area contributed by atoms with Crippen LogP contribution in [0.4, 0.5) is 19.3 Å². The topological polar surface area (TPSA) is 90.5 Å². The number of aliphatic hydroxyl groups excluding tert-OH is 1. The first-order valence-electron chi connectivity index (χ1n) is 10.4. The Morgan fingerprint density at radius 2 is 2.16 bits per heavy atom. The van der Waals surface area contributed by atoms with E-state index in [0.717, 1.165) is 5.56 Å². The number of ether oxygens (including phenoxy) is 1. The number of hydrogen-bond acceptors (Lipinski definition) is 4. The molecule has 4 rings (SSSR count). The maximum absolute atomic E-state index is 14.8. The van der Waals surface area contributed by atoms with Crippen LogP contribution in [0, 0.1) is 11.6 Å². The number of nitrogens with zero attached hydrogens (tertiary/aromatic N) is 2. The van der Waals surface area contributed by atoms with Gasteiger partial charge in [0.25, 0.3) is 0 Å². The molecular weight excluding hydrogens is 418 g/mol. The van der Waals surface area contributed by atoms with Crippen LogP contribution in [0.15, 0.2) is 42.7 Å². The fourth-order valence-electron chi connectivity index (χ4n) is 3.96. The van der Waals surface area contributed by atoms with Gasteiger partial charge in [-0.15, -0.1) is 0 Å². The summed E-state index contributed by atoms with van der Waals surface area (Å²) in [5, 5.41) is 18.9. The molecule has 0 saturated carbocycles. The Balaban J connectivity index is 1.57. The second-order valence-electron chi connectivity index (χ2n) is 7.52. The van der Waals surface area contributed by atoms with Gasteiger partial charge in [0.15, 0.2) is 0 Å². The summed E-state index contributed by atoms with van der Waals surface area (Å²) >= 11 is 0. The van der Waals surface area contributed by atoms with Crippen molar-refractivity contribution >= 4 is 11.7 Å². The lowest BCUT2D eigenvalue weighted by Gasteiger charge is -2.24. The fourth-order valence-corrected chi connectivity index (χ4v) is 3.96. The van der Waals surface area contributed by atoms with E-state index in [9.17, 15) is 18.7 Å². The third-order valence-corrected chi connectivity index (χ3v) is 5.44. The van der Waals surface area contributed by atoms with Crippen molar-refractivity contribution in [1.29, 1.82) is 0 Å². The van der Waals surface area contributed by atoms with E-state index in [1.807, 2.05) is 0 Å². The number of carbonyl (C=O) groups excluding carboxylic acids is 1. The molecule has 1 aliphatic heterocycles. The van der Waals surface area contributed by atoms with Gasteiger partial charge < -0.3 is 15.2 Å². The Kier molecular flexibility index (Phi) is 6.36. The number of anilines is 1. The predicted octanol–water partition coefficient (Wildman–Crippen LogP) is 3.95. The van der Waals surface area contributed by atoms with E-state index in [1.54, 1.807) is 31.5 Å². The molecule has 32 heavy (non-hydrogen) atoms. The summed E-state index contributed by atoms with van der Waals surface area (Å²) in [5.74, 6) is -0.605. The minimum absolute atomic E-state index is 0.190. The number of rotatable bonds is 7. The van der Waals surface area contributed by atoms with E-state index in [1.165, 1.54) is 23.1 Å². The standard InChI is InChI=1S/C23H24F2N4O3/c1-2-32-18-8-15(7-17(24)10-18)21(4-6-30)28-23(31)29-5-3-14-9-19(16-12-26-27-13-16)20(25)11-22(14)29/h7-13,21,30H,2-6H2,1H3,(H,26,27)(H,28,31)/t21-/m1/s1. The number of hydrogen-bond donors (Lipinski definition) is 3. The highest BCUT2D eigenvalue weighted by molar-refractivity contribution is 5.95. The van der Waals surface area contributed by atoms with Gasteiger partial charge in [0.05, 0.1) is 24.5 Å². The molecule has 0 aliphatic carbocycles. The van der Waals surface area contributed by atoms with Gasteiger partial charge in [-0.3, -0.25) is 10.00 Å². The van der Waals surface area contributed by atoms with Gasteiger partial charge in [-0.25, -0.2) is 13.6 Å². The van der Waals surface area contributed by atoms with Crippen molar-refractivity contribution in [2.75, 3.05) is 24.7 Å². The molecule has 168 valence electrons. The Bertz CT molecular complexity index is 1100. The summed E-state index contributed by atoms with van der Waals surface area (Å²) in [7, 11) is 0. The van der Waals surface area contributed by atoms with Crippen LogP contribution in [-0.4, -0.2) is 41.1 Å². The lowest BCUT2D eigenvalue weighted by atomic mass is 10.0. The Labute approximate surface area is 184 Å². The highest BCUT2D eigenvalue weighted by Gasteiger charge is 2.28. The average molecular weight is 442 g/mol. The van der Waals surface area contributed by atoms with E-state index < -0.39 is 23.7 Å². The van der Waals surface area contributed by atoms with Crippen LogP contribution in [0.25, 0.3) is 11.1 Å². The number of nitrogens with one attached hydrogen (secondary N) is 2. The van der Waals surface area contributed by atoms with Crippen molar-refractivity contribution in [1.82, 2.24) is 15.5 Å². The van der Waals surface area contributed by atoms with Crippen LogP contribution < -0.4 is 15.0 Å². The van der Waals surface area contributed by atoms with Gasteiger partial charge in [0.2, 0.25) is 0 Å². The minimum Gasteiger partial charge on any atom is -0.494 e. The minimum atomic E-state index is -0.637.